The van der Waals surface area contributed by atoms with Gasteiger partial charge in [-0.2, -0.15) is 5.10 Å². The molecule has 88 valence electrons. The fraction of sp³-hybridized carbons (Fsp3) is 0.222. The molecule has 0 aliphatic heterocycles. The Morgan fingerprint density at radius 3 is 2.76 bits per heavy atom. The van der Waals surface area contributed by atoms with Crippen LogP contribution in [0, 0.1) is 10.1 Å². The summed E-state index contributed by atoms with van der Waals surface area (Å²) >= 11 is 0. The molecule has 0 saturated carbocycles. The number of anilines is 1. The quantitative estimate of drug-likeness (QED) is 0.623. The number of nitrogens with one attached hydrogen (secondary N) is 1. The van der Waals surface area contributed by atoms with Crippen molar-refractivity contribution in [2.24, 2.45) is 7.05 Å². The van der Waals surface area contributed by atoms with Gasteiger partial charge in [0, 0.05) is 25.9 Å². The molecular weight excluding hydrogens is 224 g/mol. The minimum Gasteiger partial charge on any atom is -0.357 e. The standard InChI is InChI=1S/C9H10N6O2/c1-10-9-11-4-7(15(16)17)8(13-9)6-3-12-14(2)5-6/h3-5H,1-2H3,(H,10,11,13). The Balaban J connectivity index is 2.60. The number of aromatic nitrogens is 4. The van der Waals surface area contributed by atoms with E-state index < -0.39 is 4.92 Å². The van der Waals surface area contributed by atoms with Crippen molar-refractivity contribution < 1.29 is 4.92 Å². The van der Waals surface area contributed by atoms with Gasteiger partial charge in [0.1, 0.15) is 6.20 Å². The molecule has 2 heterocycles. The SMILES string of the molecule is CNc1ncc([N+](=O)[O-])c(-c2cnn(C)c2)n1. The second kappa shape index (κ2) is 4.16. The predicted molar refractivity (Wildman–Crippen MR) is 60.4 cm³/mol. The van der Waals surface area contributed by atoms with Gasteiger partial charge in [-0.15, -0.1) is 0 Å². The van der Waals surface area contributed by atoms with Gasteiger partial charge in [-0.1, -0.05) is 0 Å². The highest BCUT2D eigenvalue weighted by Crippen LogP contribution is 2.27. The van der Waals surface area contributed by atoms with Crippen molar-refractivity contribution >= 4 is 11.6 Å². The third kappa shape index (κ3) is 2.05. The maximum atomic E-state index is 10.9. The van der Waals surface area contributed by atoms with Crippen molar-refractivity contribution in [2.75, 3.05) is 12.4 Å². The van der Waals surface area contributed by atoms with Crippen LogP contribution < -0.4 is 5.32 Å². The first-order valence-corrected chi connectivity index (χ1v) is 4.80. The molecule has 8 heteroatoms. The molecule has 0 fully saturated rings. The molecule has 0 saturated heterocycles. The second-order valence-electron chi connectivity index (χ2n) is 3.34. The monoisotopic (exact) mass is 234 g/mol. The van der Waals surface area contributed by atoms with Crippen LogP contribution >= 0.6 is 0 Å². The van der Waals surface area contributed by atoms with E-state index in [4.69, 9.17) is 0 Å². The van der Waals surface area contributed by atoms with Crippen molar-refractivity contribution in [3.63, 3.8) is 0 Å². The summed E-state index contributed by atoms with van der Waals surface area (Å²) in [5.74, 6) is 0.328. The minimum absolute atomic E-state index is 0.142. The van der Waals surface area contributed by atoms with Crippen LogP contribution in [-0.2, 0) is 7.05 Å². The van der Waals surface area contributed by atoms with Gasteiger partial charge in [0.25, 0.3) is 0 Å². The highest BCUT2D eigenvalue weighted by Gasteiger charge is 2.19. The number of nitro groups is 1. The summed E-state index contributed by atoms with van der Waals surface area (Å²) in [5, 5.41) is 17.6. The normalized spacial score (nSPS) is 10.2. The molecule has 0 aliphatic rings. The van der Waals surface area contributed by atoms with E-state index in [1.807, 2.05) is 0 Å². The van der Waals surface area contributed by atoms with Gasteiger partial charge in [-0.3, -0.25) is 14.8 Å². The van der Waals surface area contributed by atoms with E-state index in [-0.39, 0.29) is 11.4 Å². The van der Waals surface area contributed by atoms with Gasteiger partial charge >= 0.3 is 5.69 Å². The third-order valence-corrected chi connectivity index (χ3v) is 2.17. The first kappa shape index (κ1) is 11.0. The van der Waals surface area contributed by atoms with E-state index in [9.17, 15) is 10.1 Å². The Labute approximate surface area is 96.5 Å². The Morgan fingerprint density at radius 2 is 2.24 bits per heavy atom. The molecule has 17 heavy (non-hydrogen) atoms. The molecule has 0 aromatic carbocycles. The number of hydrogen-bond acceptors (Lipinski definition) is 6. The van der Waals surface area contributed by atoms with E-state index in [0.717, 1.165) is 0 Å². The van der Waals surface area contributed by atoms with Gasteiger partial charge in [-0.05, 0) is 0 Å². The van der Waals surface area contributed by atoms with Crippen LogP contribution in [0.1, 0.15) is 0 Å². The highest BCUT2D eigenvalue weighted by molar-refractivity contribution is 5.68. The van der Waals surface area contributed by atoms with E-state index >= 15 is 0 Å². The molecule has 0 spiro atoms. The van der Waals surface area contributed by atoms with Crippen LogP contribution in [0.5, 0.6) is 0 Å². The Morgan fingerprint density at radius 1 is 1.47 bits per heavy atom. The average Bonchev–Trinajstić information content (AvgIpc) is 2.75. The van der Waals surface area contributed by atoms with Gasteiger partial charge in [-0.25, -0.2) is 9.97 Å². The second-order valence-corrected chi connectivity index (χ2v) is 3.34. The summed E-state index contributed by atoms with van der Waals surface area (Å²) in [6, 6.07) is 0. The molecule has 2 aromatic heterocycles. The van der Waals surface area contributed by atoms with Crippen LogP contribution in [0.15, 0.2) is 18.6 Å². The largest absolute Gasteiger partial charge is 0.357 e. The summed E-state index contributed by atoms with van der Waals surface area (Å²) in [5.41, 5.74) is 0.692. The van der Waals surface area contributed by atoms with Crippen molar-refractivity contribution in [3.8, 4) is 11.3 Å². The number of rotatable bonds is 3. The van der Waals surface area contributed by atoms with Crippen molar-refractivity contribution in [3.05, 3.63) is 28.7 Å². The molecule has 8 nitrogen and oxygen atoms in total. The van der Waals surface area contributed by atoms with Crippen LogP contribution in [0.2, 0.25) is 0 Å². The molecule has 0 amide bonds. The van der Waals surface area contributed by atoms with Crippen LogP contribution in [-0.4, -0.2) is 31.7 Å². The zero-order valence-electron chi connectivity index (χ0n) is 9.28. The lowest BCUT2D eigenvalue weighted by Gasteiger charge is -2.01. The molecule has 0 bridgehead atoms. The zero-order chi connectivity index (χ0) is 12.4. The molecule has 2 aromatic rings. The van der Waals surface area contributed by atoms with Crippen molar-refractivity contribution in [2.45, 2.75) is 0 Å². The number of aryl methyl sites for hydroxylation is 1. The minimum atomic E-state index is -0.512. The van der Waals surface area contributed by atoms with Gasteiger partial charge in [0.15, 0.2) is 5.69 Å². The maximum Gasteiger partial charge on any atom is 0.313 e. The summed E-state index contributed by atoms with van der Waals surface area (Å²) in [6.45, 7) is 0. The maximum absolute atomic E-state index is 10.9. The lowest BCUT2D eigenvalue weighted by molar-refractivity contribution is -0.384. The van der Waals surface area contributed by atoms with Gasteiger partial charge < -0.3 is 5.32 Å². The van der Waals surface area contributed by atoms with Crippen LogP contribution in [0.25, 0.3) is 11.3 Å². The van der Waals surface area contributed by atoms with Crippen LogP contribution in [0.3, 0.4) is 0 Å². The lowest BCUT2D eigenvalue weighted by atomic mass is 10.2. The first-order chi connectivity index (χ1) is 8.11. The van der Waals surface area contributed by atoms with Crippen LogP contribution in [0.4, 0.5) is 11.6 Å². The molecule has 0 radical (unpaired) electrons. The van der Waals surface area contributed by atoms with E-state index in [0.29, 0.717) is 11.5 Å². The smallest absolute Gasteiger partial charge is 0.313 e. The summed E-state index contributed by atoms with van der Waals surface area (Å²) in [6.07, 6.45) is 4.37. The topological polar surface area (TPSA) is 98.8 Å². The fourth-order valence-electron chi connectivity index (χ4n) is 1.39. The molecule has 1 N–H and O–H groups in total. The number of hydrogen-bond donors (Lipinski definition) is 1. The molecule has 2 rings (SSSR count). The first-order valence-electron chi connectivity index (χ1n) is 4.80. The van der Waals surface area contributed by atoms with Gasteiger partial charge in [0.05, 0.1) is 11.1 Å². The van der Waals surface area contributed by atoms with E-state index in [1.165, 1.54) is 12.4 Å². The average molecular weight is 234 g/mol. The van der Waals surface area contributed by atoms with E-state index in [1.54, 1.807) is 25.0 Å². The summed E-state index contributed by atoms with van der Waals surface area (Å²) in [4.78, 5) is 18.3. The van der Waals surface area contributed by atoms with E-state index in [2.05, 4.69) is 20.4 Å². The summed E-state index contributed by atoms with van der Waals surface area (Å²) in [7, 11) is 3.38. The zero-order valence-corrected chi connectivity index (χ0v) is 9.28. The Kier molecular flexibility index (Phi) is 2.69. The molecular formula is C9H10N6O2. The number of nitrogens with zero attached hydrogens (tertiary/aromatic N) is 5. The highest BCUT2D eigenvalue weighted by atomic mass is 16.6. The molecule has 0 unspecified atom stereocenters. The Hall–Kier alpha value is -2.51. The lowest BCUT2D eigenvalue weighted by Crippen LogP contribution is -2.01. The molecule has 0 aliphatic carbocycles. The predicted octanol–water partition coefficient (Wildman–Crippen LogP) is 0.827. The third-order valence-electron chi connectivity index (χ3n) is 2.17. The van der Waals surface area contributed by atoms with Crippen molar-refractivity contribution in [1.29, 1.82) is 0 Å². The summed E-state index contributed by atoms with van der Waals surface area (Å²) < 4.78 is 1.56. The fourth-order valence-corrected chi connectivity index (χ4v) is 1.39. The van der Waals surface area contributed by atoms with Gasteiger partial charge in [0.2, 0.25) is 5.95 Å². The Bertz CT molecular complexity index is 564. The van der Waals surface area contributed by atoms with Crippen molar-refractivity contribution in [1.82, 2.24) is 19.7 Å². The molecule has 0 atom stereocenters.